The van der Waals surface area contributed by atoms with Gasteiger partial charge >= 0.3 is 11.5 Å². The molecule has 7 nitrogen and oxygen atoms in total. The maximum absolute atomic E-state index is 11.1. The van der Waals surface area contributed by atoms with Crippen LogP contribution in [-0.4, -0.2) is 32.7 Å². The number of benzene rings is 1. The van der Waals surface area contributed by atoms with Gasteiger partial charge in [-0.25, -0.2) is 4.98 Å². The lowest BCUT2D eigenvalue weighted by molar-refractivity contribution is -0.890. The second kappa shape index (κ2) is 7.55. The van der Waals surface area contributed by atoms with Crippen molar-refractivity contribution in [1.29, 1.82) is 0 Å². The number of rotatable bonds is 7. The lowest BCUT2D eigenvalue weighted by atomic mass is 10.0. The molecule has 0 unspecified atom stereocenters. The van der Waals surface area contributed by atoms with Crippen LogP contribution in [0.4, 0.5) is 11.5 Å². The van der Waals surface area contributed by atoms with Gasteiger partial charge < -0.3 is 9.64 Å². The molecular formula is C16H22N4O3+2. The van der Waals surface area contributed by atoms with Crippen molar-refractivity contribution in [3.8, 4) is 5.75 Å². The molecule has 0 aliphatic heterocycles. The van der Waals surface area contributed by atoms with E-state index < -0.39 is 4.92 Å². The molecule has 0 spiro atoms. The molecule has 2 aromatic rings. The second-order valence-electron chi connectivity index (χ2n) is 5.44. The Morgan fingerprint density at radius 3 is 2.70 bits per heavy atom. The summed E-state index contributed by atoms with van der Waals surface area (Å²) >= 11 is 0. The molecule has 3 N–H and O–H groups in total. The van der Waals surface area contributed by atoms with E-state index >= 15 is 0 Å². The Labute approximate surface area is 135 Å². The minimum absolute atomic E-state index is 0.0278. The molecule has 0 aliphatic rings. The van der Waals surface area contributed by atoms with Gasteiger partial charge in [-0.1, -0.05) is 12.1 Å². The summed E-state index contributed by atoms with van der Waals surface area (Å²) in [5.41, 5.74) is 1.08. The fraction of sp³-hybridized carbons (Fsp3) is 0.312. The highest BCUT2D eigenvalue weighted by Gasteiger charge is 2.26. The normalized spacial score (nSPS) is 12.0. The first-order valence-electron chi connectivity index (χ1n) is 7.36. The van der Waals surface area contributed by atoms with Crippen molar-refractivity contribution in [2.45, 2.75) is 6.04 Å². The van der Waals surface area contributed by atoms with Gasteiger partial charge in [0, 0.05) is 6.07 Å². The number of quaternary nitrogens is 1. The van der Waals surface area contributed by atoms with E-state index in [0.29, 0.717) is 12.4 Å². The highest BCUT2D eigenvalue weighted by molar-refractivity contribution is 5.51. The Morgan fingerprint density at radius 1 is 1.30 bits per heavy atom. The number of hydrogen-bond acceptors (Lipinski definition) is 4. The van der Waals surface area contributed by atoms with Crippen LogP contribution in [0.3, 0.4) is 0 Å². The number of methoxy groups -OCH3 is 1. The van der Waals surface area contributed by atoms with E-state index in [9.17, 15) is 10.1 Å². The monoisotopic (exact) mass is 318 g/mol. The average Bonchev–Trinajstić information content (AvgIpc) is 2.55. The molecule has 0 radical (unpaired) electrons. The number of aromatic nitrogens is 1. The van der Waals surface area contributed by atoms with Gasteiger partial charge in [-0.15, -0.1) is 0 Å². The molecule has 0 aliphatic carbocycles. The van der Waals surface area contributed by atoms with Gasteiger partial charge in [0.25, 0.3) is 0 Å². The first kappa shape index (κ1) is 16.7. The largest absolute Gasteiger partial charge is 0.496 e. The van der Waals surface area contributed by atoms with E-state index in [2.05, 4.69) is 10.3 Å². The number of hydrogen-bond donors (Lipinski definition) is 2. The number of aromatic amines is 1. The zero-order valence-corrected chi connectivity index (χ0v) is 13.5. The van der Waals surface area contributed by atoms with Gasteiger partial charge in [-0.05, 0) is 18.2 Å². The van der Waals surface area contributed by atoms with Crippen molar-refractivity contribution in [2.24, 2.45) is 0 Å². The number of nitro groups is 1. The molecule has 2 rings (SSSR count). The van der Waals surface area contributed by atoms with Crippen LogP contribution >= 0.6 is 0 Å². The van der Waals surface area contributed by atoms with Crippen LogP contribution in [0.2, 0.25) is 0 Å². The van der Waals surface area contributed by atoms with Crippen LogP contribution in [0.1, 0.15) is 11.6 Å². The van der Waals surface area contributed by atoms with Crippen LogP contribution in [-0.2, 0) is 0 Å². The van der Waals surface area contributed by atoms with Crippen molar-refractivity contribution in [3.05, 3.63) is 58.3 Å². The van der Waals surface area contributed by atoms with Crippen LogP contribution in [0.5, 0.6) is 5.75 Å². The minimum atomic E-state index is -0.403. The summed E-state index contributed by atoms with van der Waals surface area (Å²) in [6.45, 7) is 0.532. The summed E-state index contributed by atoms with van der Waals surface area (Å²) < 4.78 is 5.43. The van der Waals surface area contributed by atoms with Gasteiger partial charge in [-0.2, -0.15) is 0 Å². The Balaban J connectivity index is 2.23. The number of likely N-dealkylation sites (N-methyl/N-ethyl adjacent to an activating group) is 1. The van der Waals surface area contributed by atoms with E-state index in [0.717, 1.165) is 11.3 Å². The first-order valence-corrected chi connectivity index (χ1v) is 7.36. The quantitative estimate of drug-likeness (QED) is 0.582. The highest BCUT2D eigenvalue weighted by Crippen LogP contribution is 2.24. The number of pyridine rings is 1. The van der Waals surface area contributed by atoms with E-state index in [4.69, 9.17) is 4.74 Å². The van der Waals surface area contributed by atoms with Crippen molar-refractivity contribution in [2.75, 3.05) is 33.1 Å². The molecule has 0 amide bonds. The predicted molar refractivity (Wildman–Crippen MR) is 86.7 cm³/mol. The third kappa shape index (κ3) is 3.95. The zero-order chi connectivity index (χ0) is 16.8. The summed E-state index contributed by atoms with van der Waals surface area (Å²) in [6, 6.07) is 11.0. The predicted octanol–water partition coefficient (Wildman–Crippen LogP) is 0.715. The van der Waals surface area contributed by atoms with Gasteiger partial charge in [0.15, 0.2) is 6.04 Å². The molecule has 122 valence electrons. The number of ether oxygens (including phenoxy) is 1. The van der Waals surface area contributed by atoms with E-state index in [1.807, 2.05) is 38.4 Å². The zero-order valence-electron chi connectivity index (χ0n) is 13.5. The van der Waals surface area contributed by atoms with Gasteiger partial charge in [0.1, 0.15) is 12.3 Å². The Hall–Kier alpha value is -2.67. The molecule has 1 aromatic carbocycles. The summed E-state index contributed by atoms with van der Waals surface area (Å²) in [4.78, 5) is 14.8. The fourth-order valence-corrected chi connectivity index (χ4v) is 2.51. The maximum Gasteiger partial charge on any atom is 0.357 e. The van der Waals surface area contributed by atoms with Gasteiger partial charge in [-0.3, -0.25) is 15.4 Å². The Kier molecular flexibility index (Phi) is 5.48. The number of para-hydroxylation sites is 1. The lowest BCUT2D eigenvalue weighted by Gasteiger charge is -2.22. The molecule has 1 heterocycles. The summed E-state index contributed by atoms with van der Waals surface area (Å²) in [7, 11) is 5.73. The second-order valence-corrected chi connectivity index (χ2v) is 5.44. The summed E-state index contributed by atoms with van der Waals surface area (Å²) in [6.07, 6.45) is 1.66. The van der Waals surface area contributed by atoms with E-state index in [-0.39, 0.29) is 11.7 Å². The van der Waals surface area contributed by atoms with Crippen LogP contribution < -0.4 is 19.9 Å². The van der Waals surface area contributed by atoms with E-state index in [1.54, 1.807) is 19.4 Å². The smallest absolute Gasteiger partial charge is 0.357 e. The molecule has 0 fully saturated rings. The molecule has 1 atom stereocenters. The summed E-state index contributed by atoms with van der Waals surface area (Å²) in [5, 5.41) is 14.2. The van der Waals surface area contributed by atoms with E-state index in [1.165, 1.54) is 11.0 Å². The molecule has 0 saturated heterocycles. The minimum Gasteiger partial charge on any atom is -0.496 e. The number of H-pyrrole nitrogens is 1. The molecular weight excluding hydrogens is 296 g/mol. The standard InChI is InChI=1S/C16H20N4O3/c1-19(2)14(12-7-4-5-9-15(12)23-3)11-18-16-13(20(21)22)8-6-10-17-16/h4-10,14H,11H2,1-3H3,(H,17,18)/p+2/t14-/m1/s1. The Bertz CT molecular complexity index is 676. The van der Waals surface area contributed by atoms with Crippen LogP contribution in [0.15, 0.2) is 42.6 Å². The number of anilines is 1. The molecule has 23 heavy (non-hydrogen) atoms. The average molecular weight is 318 g/mol. The summed E-state index contributed by atoms with van der Waals surface area (Å²) in [5.74, 6) is 1.21. The topological polar surface area (TPSA) is 83.0 Å². The van der Waals surface area contributed by atoms with Crippen molar-refractivity contribution in [3.63, 3.8) is 0 Å². The number of nitrogens with one attached hydrogen (secondary N) is 3. The van der Waals surface area contributed by atoms with Gasteiger partial charge in [0.05, 0.1) is 37.9 Å². The molecule has 0 bridgehead atoms. The van der Waals surface area contributed by atoms with Crippen molar-refractivity contribution in [1.82, 2.24) is 0 Å². The third-order valence-corrected chi connectivity index (χ3v) is 3.73. The van der Waals surface area contributed by atoms with Gasteiger partial charge in [0.2, 0.25) is 0 Å². The Morgan fingerprint density at radius 2 is 2.04 bits per heavy atom. The third-order valence-electron chi connectivity index (χ3n) is 3.73. The fourth-order valence-electron chi connectivity index (χ4n) is 2.51. The first-order chi connectivity index (χ1) is 11.0. The SMILES string of the molecule is COc1ccccc1[C@@H](CNc1[nH+]cccc1[N+](=O)[O-])[NH+](C)C. The van der Waals surface area contributed by atoms with Crippen LogP contribution in [0.25, 0.3) is 0 Å². The highest BCUT2D eigenvalue weighted by atomic mass is 16.6. The van der Waals surface area contributed by atoms with Crippen LogP contribution in [0, 0.1) is 10.1 Å². The maximum atomic E-state index is 11.1. The lowest BCUT2D eigenvalue weighted by Crippen LogP contribution is -3.06. The molecule has 0 saturated carbocycles. The molecule has 1 aromatic heterocycles. The molecule has 7 heteroatoms. The van der Waals surface area contributed by atoms with Crippen molar-refractivity contribution >= 4 is 11.5 Å². The van der Waals surface area contributed by atoms with Crippen molar-refractivity contribution < 1.29 is 19.5 Å². The number of nitrogens with zero attached hydrogens (tertiary/aromatic N) is 1.